The Morgan fingerprint density at radius 1 is 0.652 bits per heavy atom. The van der Waals surface area contributed by atoms with Crippen LogP contribution >= 0.6 is 0 Å². The first-order chi connectivity index (χ1) is 21.9. The quantitative estimate of drug-likeness (QED) is 0.196. The van der Waals surface area contributed by atoms with E-state index < -0.39 is 5.41 Å². The Labute approximate surface area is 274 Å². The van der Waals surface area contributed by atoms with Gasteiger partial charge >= 0.3 is 0 Å². The van der Waals surface area contributed by atoms with Gasteiger partial charge in [-0.1, -0.05) is 114 Å². The second kappa shape index (κ2) is 10.9. The van der Waals surface area contributed by atoms with E-state index in [2.05, 4.69) is 150 Å². The molecule has 4 heteroatoms. The summed E-state index contributed by atoms with van der Waals surface area (Å²) in [6, 6.07) is 39.3. The van der Waals surface area contributed by atoms with E-state index in [9.17, 15) is 0 Å². The highest BCUT2D eigenvalue weighted by atomic mass is 16.5. The summed E-state index contributed by atoms with van der Waals surface area (Å²) in [5.41, 5.74) is 9.93. The molecule has 0 saturated carbocycles. The Morgan fingerprint density at radius 2 is 1.24 bits per heavy atom. The van der Waals surface area contributed by atoms with Gasteiger partial charge in [-0.3, -0.25) is 0 Å². The molecule has 2 heterocycles. The van der Waals surface area contributed by atoms with E-state index in [1.165, 1.54) is 44.6 Å². The van der Waals surface area contributed by atoms with E-state index in [4.69, 9.17) is 9.72 Å². The van der Waals surface area contributed by atoms with Crippen LogP contribution in [-0.4, -0.2) is 23.6 Å². The minimum Gasteiger partial charge on any atom is -0.439 e. The van der Waals surface area contributed by atoms with Gasteiger partial charge in [0.15, 0.2) is 0 Å². The lowest BCUT2D eigenvalue weighted by atomic mass is 9.68. The van der Waals surface area contributed by atoms with E-state index in [0.29, 0.717) is 5.88 Å². The number of aromatic nitrogens is 1. The fraction of sp³-hybridized carbons (Fsp3) is 0.262. The molecule has 4 aromatic carbocycles. The van der Waals surface area contributed by atoms with Crippen molar-refractivity contribution in [2.24, 2.45) is 0 Å². The average Bonchev–Trinajstić information content (AvgIpc) is 3.60. The van der Waals surface area contributed by atoms with Crippen molar-refractivity contribution in [1.29, 1.82) is 0 Å². The van der Waals surface area contributed by atoms with Crippen LogP contribution in [0.15, 0.2) is 122 Å². The third kappa shape index (κ3) is 5.06. The zero-order valence-corrected chi connectivity index (χ0v) is 28.0. The molecule has 2 aliphatic rings. The van der Waals surface area contributed by atoms with Crippen LogP contribution in [0.3, 0.4) is 0 Å². The molecule has 0 bridgehead atoms. The third-order valence-electron chi connectivity index (χ3n) is 9.40. The predicted molar refractivity (Wildman–Crippen MR) is 190 cm³/mol. The smallest absolute Gasteiger partial charge is 0.219 e. The molecule has 7 rings (SSSR count). The average molecular weight is 606 g/mol. The van der Waals surface area contributed by atoms with Gasteiger partial charge in [0.25, 0.3) is 0 Å². The highest BCUT2D eigenvalue weighted by Crippen LogP contribution is 2.57. The normalized spacial score (nSPS) is 15.2. The number of nitrogens with zero attached hydrogens (tertiary/aromatic N) is 3. The third-order valence-corrected chi connectivity index (χ3v) is 9.40. The molecule has 46 heavy (non-hydrogen) atoms. The van der Waals surface area contributed by atoms with Crippen LogP contribution in [0.5, 0.6) is 11.6 Å². The van der Waals surface area contributed by atoms with E-state index in [-0.39, 0.29) is 10.8 Å². The number of hydrogen-bond donors (Lipinski definition) is 0. The van der Waals surface area contributed by atoms with Crippen LogP contribution in [0, 0.1) is 0 Å². The Balaban J connectivity index is 1.59. The SMILES string of the molecule is CN1C=CN(c2cc(C(C)(C)C)cc(C3(c4cc(C(C)(C)C)cc(Oc5ccccc5)n4)c4ccccc4-c4ccccc43)c2)C1. The summed E-state index contributed by atoms with van der Waals surface area (Å²) in [6.07, 6.45) is 4.32. The maximum Gasteiger partial charge on any atom is 0.219 e. The zero-order chi connectivity index (χ0) is 32.3. The fourth-order valence-corrected chi connectivity index (χ4v) is 6.88. The predicted octanol–water partition coefficient (Wildman–Crippen LogP) is 10.0. The summed E-state index contributed by atoms with van der Waals surface area (Å²) in [7, 11) is 2.12. The van der Waals surface area contributed by atoms with Gasteiger partial charge in [-0.15, -0.1) is 0 Å². The summed E-state index contributed by atoms with van der Waals surface area (Å²) >= 11 is 0. The Bertz CT molecular complexity index is 1900. The van der Waals surface area contributed by atoms with Crippen molar-refractivity contribution >= 4 is 5.69 Å². The van der Waals surface area contributed by atoms with Gasteiger partial charge in [-0.2, -0.15) is 0 Å². The highest BCUT2D eigenvalue weighted by molar-refractivity contribution is 5.86. The molecular weight excluding hydrogens is 562 g/mol. The first-order valence-corrected chi connectivity index (χ1v) is 16.2. The van der Waals surface area contributed by atoms with Crippen LogP contribution in [0.1, 0.15) is 75.1 Å². The number of fused-ring (bicyclic) bond motifs is 3. The van der Waals surface area contributed by atoms with E-state index in [1.807, 2.05) is 30.3 Å². The molecule has 1 aliphatic carbocycles. The van der Waals surface area contributed by atoms with Gasteiger partial charge in [0.05, 0.1) is 17.8 Å². The molecule has 0 radical (unpaired) electrons. The van der Waals surface area contributed by atoms with Crippen LogP contribution in [0.4, 0.5) is 5.69 Å². The molecule has 0 spiro atoms. The maximum absolute atomic E-state index is 6.53. The molecule has 5 aromatic rings. The number of rotatable bonds is 5. The zero-order valence-electron chi connectivity index (χ0n) is 28.0. The number of hydrogen-bond acceptors (Lipinski definition) is 4. The van der Waals surface area contributed by atoms with Gasteiger partial charge in [-0.05, 0) is 80.1 Å². The van der Waals surface area contributed by atoms with Crippen molar-refractivity contribution in [2.75, 3.05) is 18.6 Å². The molecule has 1 aromatic heterocycles. The van der Waals surface area contributed by atoms with Crippen molar-refractivity contribution in [1.82, 2.24) is 9.88 Å². The fourth-order valence-electron chi connectivity index (χ4n) is 6.88. The summed E-state index contributed by atoms with van der Waals surface area (Å²) in [5.74, 6) is 1.38. The van der Waals surface area contributed by atoms with Crippen molar-refractivity contribution in [2.45, 2.75) is 57.8 Å². The van der Waals surface area contributed by atoms with Crippen molar-refractivity contribution in [3.05, 3.63) is 155 Å². The molecule has 0 unspecified atom stereocenters. The standard InChI is InChI=1S/C42H43N3O/c1-40(2,3)29-23-31(25-32(24-29)45-22-21-44(7)28-45)42(36-19-13-11-17-34(36)35-18-12-14-20-37(35)42)38-26-30(41(4,5)6)27-39(43-38)46-33-15-9-8-10-16-33/h8-27H,28H2,1-7H3. The Morgan fingerprint density at radius 3 is 1.83 bits per heavy atom. The minimum atomic E-state index is -0.672. The molecule has 232 valence electrons. The number of para-hydroxylation sites is 1. The molecule has 4 nitrogen and oxygen atoms in total. The van der Waals surface area contributed by atoms with E-state index in [0.717, 1.165) is 18.1 Å². The largest absolute Gasteiger partial charge is 0.439 e. The molecule has 0 N–H and O–H groups in total. The lowest BCUT2D eigenvalue weighted by Crippen LogP contribution is -2.32. The summed E-state index contributed by atoms with van der Waals surface area (Å²) in [5, 5.41) is 0. The molecule has 0 amide bonds. The van der Waals surface area contributed by atoms with Gasteiger partial charge < -0.3 is 14.5 Å². The molecule has 1 aliphatic heterocycles. The van der Waals surface area contributed by atoms with Gasteiger partial charge in [0.1, 0.15) is 5.75 Å². The van der Waals surface area contributed by atoms with Crippen LogP contribution < -0.4 is 9.64 Å². The number of anilines is 1. The lowest BCUT2D eigenvalue weighted by Gasteiger charge is -2.36. The number of pyridine rings is 1. The highest BCUT2D eigenvalue weighted by Gasteiger charge is 2.48. The van der Waals surface area contributed by atoms with Crippen molar-refractivity contribution in [3.63, 3.8) is 0 Å². The Hall–Kier alpha value is -4.83. The monoisotopic (exact) mass is 605 g/mol. The molecule has 0 fully saturated rings. The second-order valence-electron chi connectivity index (χ2n) is 14.8. The van der Waals surface area contributed by atoms with E-state index >= 15 is 0 Å². The lowest BCUT2D eigenvalue weighted by molar-refractivity contribution is 0.453. The topological polar surface area (TPSA) is 28.6 Å². The van der Waals surface area contributed by atoms with Gasteiger partial charge in [-0.25, -0.2) is 4.98 Å². The first-order valence-electron chi connectivity index (χ1n) is 16.2. The second-order valence-corrected chi connectivity index (χ2v) is 14.8. The maximum atomic E-state index is 6.53. The van der Waals surface area contributed by atoms with Gasteiger partial charge in [0, 0.05) is 31.2 Å². The van der Waals surface area contributed by atoms with Crippen molar-refractivity contribution in [3.8, 4) is 22.8 Å². The molecule has 0 saturated heterocycles. The van der Waals surface area contributed by atoms with Gasteiger partial charge in [0.2, 0.25) is 5.88 Å². The number of benzene rings is 4. The Kier molecular flexibility index (Phi) is 7.08. The van der Waals surface area contributed by atoms with Crippen LogP contribution in [0.2, 0.25) is 0 Å². The first kappa shape index (κ1) is 29.9. The molecule has 0 atom stereocenters. The van der Waals surface area contributed by atoms with Crippen LogP contribution in [-0.2, 0) is 16.2 Å². The summed E-state index contributed by atoms with van der Waals surface area (Å²) in [4.78, 5) is 9.99. The molecular formula is C42H43N3O. The summed E-state index contributed by atoms with van der Waals surface area (Å²) in [6.45, 7) is 14.5. The summed E-state index contributed by atoms with van der Waals surface area (Å²) < 4.78 is 6.53. The van der Waals surface area contributed by atoms with E-state index in [1.54, 1.807) is 0 Å². The van der Waals surface area contributed by atoms with Crippen molar-refractivity contribution < 1.29 is 4.74 Å². The minimum absolute atomic E-state index is 0.0683. The number of ether oxygens (including phenoxy) is 1. The van der Waals surface area contributed by atoms with Crippen LogP contribution in [0.25, 0.3) is 11.1 Å².